The lowest BCUT2D eigenvalue weighted by Crippen LogP contribution is -2.14. The average Bonchev–Trinajstić information content (AvgIpc) is 2.88. The van der Waals surface area contributed by atoms with Gasteiger partial charge in [-0.15, -0.1) is 0 Å². The SMILES string of the molecule is C=Cc1cc(C(=O)c2c(O)c3ccccc3oc2=O)oc1C. The van der Waals surface area contributed by atoms with Crippen LogP contribution in [0.3, 0.4) is 0 Å². The Labute approximate surface area is 125 Å². The number of aryl methyl sites for hydroxylation is 1. The number of rotatable bonds is 3. The summed E-state index contributed by atoms with van der Waals surface area (Å²) in [5.41, 5.74) is -0.490. The number of hydrogen-bond acceptors (Lipinski definition) is 5. The van der Waals surface area contributed by atoms with E-state index < -0.39 is 22.7 Å². The Bertz CT molecular complexity index is 959. The lowest BCUT2D eigenvalue weighted by Gasteiger charge is -2.03. The molecule has 0 atom stereocenters. The predicted octanol–water partition coefficient (Wildman–Crippen LogP) is 3.27. The number of benzene rings is 1. The normalized spacial score (nSPS) is 10.8. The van der Waals surface area contributed by atoms with Crippen LogP contribution in [0.4, 0.5) is 0 Å². The van der Waals surface area contributed by atoms with E-state index in [1.54, 1.807) is 31.2 Å². The number of furan rings is 1. The molecule has 5 nitrogen and oxygen atoms in total. The molecule has 1 N–H and O–H groups in total. The predicted molar refractivity (Wildman–Crippen MR) is 81.1 cm³/mol. The highest BCUT2D eigenvalue weighted by Crippen LogP contribution is 2.28. The number of aromatic hydroxyl groups is 1. The fourth-order valence-corrected chi connectivity index (χ4v) is 2.27. The maximum atomic E-state index is 12.5. The first kappa shape index (κ1) is 13.9. The number of carbonyl (C=O) groups is 1. The Morgan fingerprint density at radius 3 is 2.68 bits per heavy atom. The lowest BCUT2D eigenvalue weighted by molar-refractivity contribution is 0.100. The minimum Gasteiger partial charge on any atom is -0.506 e. The van der Waals surface area contributed by atoms with Gasteiger partial charge in [0, 0.05) is 5.56 Å². The molecule has 0 radical (unpaired) electrons. The van der Waals surface area contributed by atoms with Crippen molar-refractivity contribution >= 4 is 22.8 Å². The van der Waals surface area contributed by atoms with Gasteiger partial charge in [-0.05, 0) is 25.1 Å². The third-order valence-corrected chi connectivity index (χ3v) is 3.41. The first-order valence-electron chi connectivity index (χ1n) is 6.55. The van der Waals surface area contributed by atoms with Gasteiger partial charge in [0.15, 0.2) is 11.3 Å². The van der Waals surface area contributed by atoms with Crippen molar-refractivity contribution in [3.63, 3.8) is 0 Å². The van der Waals surface area contributed by atoms with Gasteiger partial charge in [-0.25, -0.2) is 4.79 Å². The quantitative estimate of drug-likeness (QED) is 0.592. The molecule has 0 aliphatic heterocycles. The third-order valence-electron chi connectivity index (χ3n) is 3.41. The van der Waals surface area contributed by atoms with Crippen LogP contribution in [0, 0.1) is 6.92 Å². The monoisotopic (exact) mass is 296 g/mol. The second kappa shape index (κ2) is 5.04. The van der Waals surface area contributed by atoms with Crippen LogP contribution >= 0.6 is 0 Å². The van der Waals surface area contributed by atoms with Crippen LogP contribution in [0.25, 0.3) is 17.0 Å². The zero-order valence-electron chi connectivity index (χ0n) is 11.8. The molecule has 110 valence electrons. The minimum atomic E-state index is -0.907. The smallest absolute Gasteiger partial charge is 0.351 e. The van der Waals surface area contributed by atoms with Gasteiger partial charge in [0.25, 0.3) is 0 Å². The highest BCUT2D eigenvalue weighted by atomic mass is 16.4. The van der Waals surface area contributed by atoms with Gasteiger partial charge in [0.1, 0.15) is 17.1 Å². The zero-order valence-corrected chi connectivity index (χ0v) is 11.8. The number of hydrogen-bond donors (Lipinski definition) is 1. The molecule has 22 heavy (non-hydrogen) atoms. The Morgan fingerprint density at radius 2 is 2.00 bits per heavy atom. The van der Waals surface area contributed by atoms with E-state index in [1.165, 1.54) is 12.1 Å². The fraction of sp³-hybridized carbons (Fsp3) is 0.0588. The molecule has 3 rings (SSSR count). The van der Waals surface area contributed by atoms with E-state index >= 15 is 0 Å². The van der Waals surface area contributed by atoms with Gasteiger partial charge in [-0.3, -0.25) is 4.79 Å². The van der Waals surface area contributed by atoms with Crippen molar-refractivity contribution < 1.29 is 18.7 Å². The molecule has 0 saturated heterocycles. The van der Waals surface area contributed by atoms with Crippen molar-refractivity contribution in [2.24, 2.45) is 0 Å². The van der Waals surface area contributed by atoms with Crippen LogP contribution in [-0.2, 0) is 0 Å². The van der Waals surface area contributed by atoms with E-state index in [0.29, 0.717) is 11.3 Å². The van der Waals surface area contributed by atoms with E-state index in [2.05, 4.69) is 6.58 Å². The average molecular weight is 296 g/mol. The molecule has 1 aromatic carbocycles. The standard InChI is InChI=1S/C17H12O5/c1-3-10-8-13(21-9(10)2)16(19)14-15(18)11-6-4-5-7-12(11)22-17(14)20/h3-8,18H,1H2,2H3. The van der Waals surface area contributed by atoms with Crippen LogP contribution in [0.15, 0.2) is 50.5 Å². The first-order valence-corrected chi connectivity index (χ1v) is 6.55. The van der Waals surface area contributed by atoms with E-state index in [-0.39, 0.29) is 16.7 Å². The van der Waals surface area contributed by atoms with Crippen molar-refractivity contribution in [3.8, 4) is 5.75 Å². The molecule has 0 amide bonds. The number of ketones is 1. The van der Waals surface area contributed by atoms with Crippen LogP contribution in [0.2, 0.25) is 0 Å². The van der Waals surface area contributed by atoms with Gasteiger partial charge >= 0.3 is 5.63 Å². The molecule has 2 aromatic heterocycles. The van der Waals surface area contributed by atoms with E-state index in [1.807, 2.05) is 0 Å². The van der Waals surface area contributed by atoms with Gasteiger partial charge in [0.05, 0.1) is 5.39 Å². The van der Waals surface area contributed by atoms with Gasteiger partial charge in [-0.2, -0.15) is 0 Å². The maximum absolute atomic E-state index is 12.5. The Morgan fingerprint density at radius 1 is 1.27 bits per heavy atom. The van der Waals surface area contributed by atoms with Gasteiger partial charge in [-0.1, -0.05) is 24.8 Å². The molecule has 0 saturated carbocycles. The van der Waals surface area contributed by atoms with Crippen LogP contribution < -0.4 is 5.63 Å². The van der Waals surface area contributed by atoms with E-state index in [0.717, 1.165) is 0 Å². The van der Waals surface area contributed by atoms with Crippen LogP contribution in [-0.4, -0.2) is 10.9 Å². The van der Waals surface area contributed by atoms with Crippen molar-refractivity contribution in [2.45, 2.75) is 6.92 Å². The molecular formula is C17H12O5. The highest BCUT2D eigenvalue weighted by molar-refractivity contribution is 6.11. The summed E-state index contributed by atoms with van der Waals surface area (Å²) in [7, 11) is 0. The minimum absolute atomic E-state index is 0.0507. The topological polar surface area (TPSA) is 80.6 Å². The third kappa shape index (κ3) is 2.03. The molecule has 3 aromatic rings. The molecular weight excluding hydrogens is 284 g/mol. The Hall–Kier alpha value is -3.08. The van der Waals surface area contributed by atoms with Crippen molar-refractivity contribution in [1.82, 2.24) is 0 Å². The van der Waals surface area contributed by atoms with Crippen LogP contribution in [0.5, 0.6) is 5.75 Å². The Balaban J connectivity index is 2.22. The molecule has 0 spiro atoms. The second-order valence-corrected chi connectivity index (χ2v) is 4.76. The molecule has 5 heteroatoms. The summed E-state index contributed by atoms with van der Waals surface area (Å²) in [6.07, 6.45) is 1.54. The number of carbonyl (C=O) groups excluding carboxylic acids is 1. The summed E-state index contributed by atoms with van der Waals surface area (Å²) in [4.78, 5) is 24.5. The summed E-state index contributed by atoms with van der Waals surface area (Å²) in [5.74, 6) is -0.687. The summed E-state index contributed by atoms with van der Waals surface area (Å²) in [6.45, 7) is 5.29. The summed E-state index contributed by atoms with van der Waals surface area (Å²) >= 11 is 0. The molecule has 0 aliphatic carbocycles. The molecule has 0 bridgehead atoms. The van der Waals surface area contributed by atoms with Crippen molar-refractivity contribution in [3.05, 3.63) is 70.0 Å². The maximum Gasteiger partial charge on any atom is 0.351 e. The number of fused-ring (bicyclic) bond motifs is 1. The number of para-hydroxylation sites is 1. The Kier molecular flexibility index (Phi) is 3.18. The van der Waals surface area contributed by atoms with Gasteiger partial charge in [0.2, 0.25) is 5.78 Å². The first-order chi connectivity index (χ1) is 10.5. The summed E-state index contributed by atoms with van der Waals surface area (Å²) in [6, 6.07) is 7.91. The zero-order chi connectivity index (χ0) is 15.9. The molecule has 0 aliphatic rings. The second-order valence-electron chi connectivity index (χ2n) is 4.76. The summed E-state index contributed by atoms with van der Waals surface area (Å²) in [5, 5.41) is 10.5. The van der Waals surface area contributed by atoms with Crippen molar-refractivity contribution in [1.29, 1.82) is 0 Å². The van der Waals surface area contributed by atoms with Crippen molar-refractivity contribution in [2.75, 3.05) is 0 Å². The summed E-state index contributed by atoms with van der Waals surface area (Å²) < 4.78 is 10.4. The largest absolute Gasteiger partial charge is 0.506 e. The fourth-order valence-electron chi connectivity index (χ4n) is 2.27. The van der Waals surface area contributed by atoms with Crippen LogP contribution in [0.1, 0.15) is 27.4 Å². The lowest BCUT2D eigenvalue weighted by atomic mass is 10.1. The highest BCUT2D eigenvalue weighted by Gasteiger charge is 2.25. The molecule has 0 unspecified atom stereocenters. The van der Waals surface area contributed by atoms with E-state index in [9.17, 15) is 14.7 Å². The van der Waals surface area contributed by atoms with Gasteiger partial charge < -0.3 is 13.9 Å². The van der Waals surface area contributed by atoms with E-state index in [4.69, 9.17) is 8.83 Å². The molecule has 2 heterocycles. The molecule has 0 fully saturated rings.